The van der Waals surface area contributed by atoms with Crippen LogP contribution in [0.4, 0.5) is 0 Å². The minimum absolute atomic E-state index is 0. The summed E-state index contributed by atoms with van der Waals surface area (Å²) in [5, 5.41) is 0. The fourth-order valence-electron chi connectivity index (χ4n) is 0. The van der Waals surface area contributed by atoms with Crippen LogP contribution in [0.15, 0.2) is 0 Å². The zero-order valence-electron chi connectivity index (χ0n) is 4.65. The third-order valence-electron chi connectivity index (χ3n) is 0. The van der Waals surface area contributed by atoms with Crippen LogP contribution in [0.3, 0.4) is 0 Å². The van der Waals surface area contributed by atoms with Crippen LogP contribution in [0.1, 0.15) is 13.8 Å². The molecule has 3 heteroatoms. The molecule has 0 saturated carbocycles. The third kappa shape index (κ3) is 47.6. The van der Waals surface area contributed by atoms with E-state index in [9.17, 15) is 0 Å². The quantitative estimate of drug-likeness (QED) is 0.321. The van der Waals surface area contributed by atoms with E-state index in [2.05, 4.69) is 0 Å². The minimum atomic E-state index is -0.500. The second kappa shape index (κ2) is 3.55. The van der Waals surface area contributed by atoms with Gasteiger partial charge in [0.15, 0.2) is 0 Å². The van der Waals surface area contributed by atoms with Crippen LogP contribution in [-0.2, 0) is 0 Å². The molecule has 0 rings (SSSR count). The summed E-state index contributed by atoms with van der Waals surface area (Å²) in [5.41, 5.74) is 9.76. The monoisotopic (exact) mass is 113 g/mol. The van der Waals surface area contributed by atoms with Crippen LogP contribution < -0.4 is 11.5 Å². The predicted molar refractivity (Wildman–Crippen MR) is 28.2 cm³/mol. The van der Waals surface area contributed by atoms with Crippen molar-refractivity contribution in [3.63, 3.8) is 0 Å². The van der Waals surface area contributed by atoms with Crippen LogP contribution in [0.2, 0.25) is 0 Å². The number of hydrogen-bond acceptors (Lipinski definition) is 2. The molecule has 0 aromatic heterocycles. The van der Waals surface area contributed by atoms with Gasteiger partial charge in [0.05, 0.1) is 5.66 Å². The van der Waals surface area contributed by atoms with Crippen LogP contribution in [0.25, 0.3) is 0 Å². The van der Waals surface area contributed by atoms with Gasteiger partial charge in [-0.25, -0.2) is 0 Å². The second-order valence-electron chi connectivity index (χ2n) is 1.82. The molecule has 0 aromatic carbocycles. The van der Waals surface area contributed by atoms with E-state index in [1.807, 2.05) is 0 Å². The van der Waals surface area contributed by atoms with E-state index >= 15 is 0 Å². The Balaban J connectivity index is 0. The van der Waals surface area contributed by atoms with Gasteiger partial charge in [-0.1, -0.05) is 0 Å². The van der Waals surface area contributed by atoms with E-state index in [1.165, 1.54) is 0 Å². The fraction of sp³-hybridized carbons (Fsp3) is 1.00. The SMILES string of the molecule is CC(C)(N)N.[K]. The average Bonchev–Trinajstić information content (AvgIpc) is 0.722. The molecule has 2 nitrogen and oxygen atoms in total. The summed E-state index contributed by atoms with van der Waals surface area (Å²) in [5.74, 6) is 0. The van der Waals surface area contributed by atoms with Crippen molar-refractivity contribution in [2.24, 2.45) is 11.5 Å². The maximum Gasteiger partial charge on any atom is 0.0578 e. The predicted octanol–water partition coefficient (Wildman–Crippen LogP) is -0.741. The Morgan fingerprint density at radius 2 is 1.17 bits per heavy atom. The Bertz CT molecular complexity index is 24.3. The first-order chi connectivity index (χ1) is 2.00. The van der Waals surface area contributed by atoms with Gasteiger partial charge in [0, 0.05) is 51.4 Å². The molecule has 0 aliphatic carbocycles. The molecule has 0 atom stereocenters. The average molecular weight is 113 g/mol. The van der Waals surface area contributed by atoms with Gasteiger partial charge in [0.25, 0.3) is 0 Å². The molecule has 0 heterocycles. The molecule has 0 aliphatic heterocycles. The fourth-order valence-corrected chi connectivity index (χ4v) is 0. The summed E-state index contributed by atoms with van der Waals surface area (Å²) in [6.07, 6.45) is 0. The van der Waals surface area contributed by atoms with Crippen molar-refractivity contribution in [3.8, 4) is 0 Å². The number of rotatable bonds is 0. The summed E-state index contributed by atoms with van der Waals surface area (Å²) < 4.78 is 0. The van der Waals surface area contributed by atoms with E-state index in [0.717, 1.165) is 0 Å². The Morgan fingerprint density at radius 3 is 1.17 bits per heavy atom. The summed E-state index contributed by atoms with van der Waals surface area (Å²) in [7, 11) is 0. The van der Waals surface area contributed by atoms with Gasteiger partial charge >= 0.3 is 0 Å². The molecular formula is C3H10KN2. The number of hydrogen-bond donors (Lipinski definition) is 2. The van der Waals surface area contributed by atoms with Crippen molar-refractivity contribution in [2.45, 2.75) is 19.5 Å². The molecule has 0 aromatic rings. The molecule has 33 valence electrons. The van der Waals surface area contributed by atoms with Gasteiger partial charge in [0.2, 0.25) is 0 Å². The first kappa shape index (κ1) is 10.5. The van der Waals surface area contributed by atoms with Crippen LogP contribution in [0.5, 0.6) is 0 Å². The first-order valence-corrected chi connectivity index (χ1v) is 1.58. The summed E-state index contributed by atoms with van der Waals surface area (Å²) in [6, 6.07) is 0. The zero-order chi connectivity index (χ0) is 4.50. The van der Waals surface area contributed by atoms with Crippen LogP contribution in [0, 0.1) is 0 Å². The molecule has 6 heavy (non-hydrogen) atoms. The number of nitrogens with two attached hydrogens (primary N) is 2. The van der Waals surface area contributed by atoms with E-state index in [4.69, 9.17) is 11.5 Å². The molecule has 0 fully saturated rings. The molecule has 4 N–H and O–H groups in total. The van der Waals surface area contributed by atoms with Crippen molar-refractivity contribution in [1.82, 2.24) is 0 Å². The third-order valence-corrected chi connectivity index (χ3v) is 0. The van der Waals surface area contributed by atoms with Gasteiger partial charge in [-0.3, -0.25) is 0 Å². The zero-order valence-corrected chi connectivity index (χ0v) is 7.78. The van der Waals surface area contributed by atoms with E-state index in [0.29, 0.717) is 0 Å². The molecule has 0 aliphatic rings. The van der Waals surface area contributed by atoms with Crippen molar-refractivity contribution in [3.05, 3.63) is 0 Å². The Labute approximate surface area is 81.1 Å². The van der Waals surface area contributed by atoms with Crippen LogP contribution >= 0.6 is 0 Å². The van der Waals surface area contributed by atoms with Gasteiger partial charge in [-0.15, -0.1) is 0 Å². The normalized spacial score (nSPS) is 10.0. The second-order valence-corrected chi connectivity index (χ2v) is 1.82. The minimum Gasteiger partial charge on any atom is -0.314 e. The van der Waals surface area contributed by atoms with Gasteiger partial charge in [0.1, 0.15) is 0 Å². The largest absolute Gasteiger partial charge is 0.314 e. The summed E-state index contributed by atoms with van der Waals surface area (Å²) >= 11 is 0. The molecule has 0 unspecified atom stereocenters. The Hall–Kier alpha value is 1.56. The molecule has 0 saturated heterocycles. The Morgan fingerprint density at radius 1 is 1.17 bits per heavy atom. The summed E-state index contributed by atoms with van der Waals surface area (Å²) in [6.45, 7) is 3.49. The molecule has 0 amide bonds. The molecule has 1 radical (unpaired) electrons. The van der Waals surface area contributed by atoms with Gasteiger partial charge < -0.3 is 11.5 Å². The van der Waals surface area contributed by atoms with Gasteiger partial charge in [-0.2, -0.15) is 0 Å². The van der Waals surface area contributed by atoms with Crippen molar-refractivity contribution in [1.29, 1.82) is 0 Å². The van der Waals surface area contributed by atoms with Crippen molar-refractivity contribution < 1.29 is 0 Å². The Kier molecular flexibility index (Phi) is 6.22. The first-order valence-electron chi connectivity index (χ1n) is 1.58. The summed E-state index contributed by atoms with van der Waals surface area (Å²) in [4.78, 5) is 0. The topological polar surface area (TPSA) is 52.0 Å². The standard InChI is InChI=1S/C3H10N2.K/c1-3(2,4)5;/h4-5H2,1-2H3;. The van der Waals surface area contributed by atoms with E-state index in [1.54, 1.807) is 13.8 Å². The maximum absolute atomic E-state index is 5.13. The van der Waals surface area contributed by atoms with Crippen molar-refractivity contribution >= 4 is 51.4 Å². The maximum atomic E-state index is 5.13. The molecular weight excluding hydrogens is 103 g/mol. The van der Waals surface area contributed by atoms with E-state index < -0.39 is 5.66 Å². The van der Waals surface area contributed by atoms with Gasteiger partial charge in [-0.05, 0) is 13.8 Å². The van der Waals surface area contributed by atoms with Crippen LogP contribution in [-0.4, -0.2) is 57.0 Å². The molecule has 0 spiro atoms. The van der Waals surface area contributed by atoms with Crippen molar-refractivity contribution in [2.75, 3.05) is 0 Å². The molecule has 0 bridgehead atoms. The smallest absolute Gasteiger partial charge is 0.0578 e. The van der Waals surface area contributed by atoms with E-state index in [-0.39, 0.29) is 51.4 Å².